The second kappa shape index (κ2) is 4.90. The number of fused-ring (bicyclic) bond motifs is 5. The van der Waals surface area contributed by atoms with E-state index in [4.69, 9.17) is 4.74 Å². The van der Waals surface area contributed by atoms with E-state index in [1.54, 1.807) is 4.68 Å². The molecule has 2 bridgehead atoms. The highest BCUT2D eigenvalue weighted by Crippen LogP contribution is 2.55. The molecule has 0 spiro atoms. The van der Waals surface area contributed by atoms with Crippen molar-refractivity contribution in [1.82, 2.24) is 9.78 Å². The number of hydrogen-bond acceptors (Lipinski definition) is 3. The summed E-state index contributed by atoms with van der Waals surface area (Å²) in [6.45, 7) is 4.55. The molecule has 1 saturated carbocycles. The zero-order chi connectivity index (χ0) is 17.3. The first-order chi connectivity index (χ1) is 11.9. The number of nitrogens with zero attached hydrogens (tertiary/aromatic N) is 3. The van der Waals surface area contributed by atoms with Crippen LogP contribution in [0.1, 0.15) is 61.9 Å². The maximum absolute atomic E-state index is 14.4. The van der Waals surface area contributed by atoms with Crippen LogP contribution in [0.5, 0.6) is 0 Å². The summed E-state index contributed by atoms with van der Waals surface area (Å²) < 4.78 is 35.2. The van der Waals surface area contributed by atoms with Gasteiger partial charge in [-0.3, -0.25) is 0 Å². The van der Waals surface area contributed by atoms with Crippen molar-refractivity contribution in [2.45, 2.75) is 50.5 Å². The van der Waals surface area contributed by atoms with Gasteiger partial charge >= 0.3 is 0 Å². The first-order valence-corrected chi connectivity index (χ1v) is 8.74. The smallest absolute Gasteiger partial charge is 0.238 e. The molecule has 3 aliphatic rings. The Morgan fingerprint density at radius 2 is 2.00 bits per heavy atom. The molecular formula is C19H19F2N3O. The monoisotopic (exact) mass is 343 g/mol. The zero-order valence-electron chi connectivity index (χ0n) is 14.2. The maximum Gasteiger partial charge on any atom is 0.238 e. The van der Waals surface area contributed by atoms with Crippen LogP contribution < -0.4 is 0 Å². The number of hydrogen-bond donors (Lipinski definition) is 0. The third-order valence-corrected chi connectivity index (χ3v) is 5.49. The van der Waals surface area contributed by atoms with Crippen molar-refractivity contribution >= 4 is 5.90 Å². The van der Waals surface area contributed by atoms with E-state index in [0.717, 1.165) is 42.3 Å². The lowest BCUT2D eigenvalue weighted by Gasteiger charge is -2.14. The molecule has 0 saturated heterocycles. The summed E-state index contributed by atoms with van der Waals surface area (Å²) in [6, 6.07) is 3.63. The molecule has 1 fully saturated rings. The van der Waals surface area contributed by atoms with E-state index >= 15 is 0 Å². The summed E-state index contributed by atoms with van der Waals surface area (Å²) in [5, 5.41) is 4.68. The molecular weight excluding hydrogens is 324 g/mol. The van der Waals surface area contributed by atoms with Gasteiger partial charge in [-0.25, -0.2) is 18.5 Å². The second-order valence-electron chi connectivity index (χ2n) is 7.88. The lowest BCUT2D eigenvalue weighted by atomic mass is 9.95. The van der Waals surface area contributed by atoms with E-state index in [0.29, 0.717) is 24.3 Å². The Labute approximate surface area is 144 Å². The summed E-state index contributed by atoms with van der Waals surface area (Å²) in [5.41, 5.74) is 2.94. The number of aromatic nitrogens is 2. The Hall–Kier alpha value is -2.24. The average Bonchev–Trinajstić information content (AvgIpc) is 3.27. The van der Waals surface area contributed by atoms with E-state index in [1.807, 2.05) is 13.8 Å². The van der Waals surface area contributed by atoms with Gasteiger partial charge in [0, 0.05) is 17.5 Å². The fraction of sp³-hybridized carbons (Fsp3) is 0.474. The molecule has 6 heteroatoms. The lowest BCUT2D eigenvalue weighted by molar-refractivity contribution is 0.278. The fourth-order valence-electron chi connectivity index (χ4n) is 4.43. The molecule has 1 aliphatic heterocycles. The van der Waals surface area contributed by atoms with E-state index in [-0.39, 0.29) is 11.2 Å². The number of aliphatic imine (C=N–C) groups is 1. The van der Waals surface area contributed by atoms with Gasteiger partial charge in [0.25, 0.3) is 0 Å². The first-order valence-electron chi connectivity index (χ1n) is 8.74. The van der Waals surface area contributed by atoms with E-state index in [9.17, 15) is 8.78 Å². The van der Waals surface area contributed by atoms with Crippen molar-refractivity contribution < 1.29 is 13.5 Å². The fourth-order valence-corrected chi connectivity index (χ4v) is 4.43. The first kappa shape index (κ1) is 15.0. The Morgan fingerprint density at radius 3 is 2.72 bits per heavy atom. The summed E-state index contributed by atoms with van der Waals surface area (Å²) in [4.78, 5) is 4.66. The van der Waals surface area contributed by atoms with E-state index < -0.39 is 11.6 Å². The van der Waals surface area contributed by atoms with Crippen molar-refractivity contribution in [3.8, 4) is 5.69 Å². The van der Waals surface area contributed by atoms with Crippen molar-refractivity contribution in [2.24, 2.45) is 4.99 Å². The van der Waals surface area contributed by atoms with Gasteiger partial charge in [0.15, 0.2) is 11.5 Å². The SMILES string of the molecule is CC1(C)COC(c2nn(-c3ccc(F)cc3F)c3c2C2CCC3C2)=N1. The van der Waals surface area contributed by atoms with Crippen molar-refractivity contribution in [2.75, 3.05) is 6.61 Å². The quantitative estimate of drug-likeness (QED) is 0.824. The topological polar surface area (TPSA) is 39.4 Å². The Kier molecular flexibility index (Phi) is 2.95. The lowest BCUT2D eigenvalue weighted by Crippen LogP contribution is -2.17. The highest BCUT2D eigenvalue weighted by molar-refractivity contribution is 5.96. The van der Waals surface area contributed by atoms with Crippen LogP contribution in [0.3, 0.4) is 0 Å². The van der Waals surface area contributed by atoms with Crippen molar-refractivity contribution in [3.63, 3.8) is 0 Å². The number of benzene rings is 1. The summed E-state index contributed by atoms with van der Waals surface area (Å²) >= 11 is 0. The number of halogens is 2. The third kappa shape index (κ3) is 2.16. The minimum atomic E-state index is -0.603. The van der Waals surface area contributed by atoms with Gasteiger partial charge in [-0.15, -0.1) is 0 Å². The summed E-state index contributed by atoms with van der Waals surface area (Å²) in [5.74, 6) is 0.171. The van der Waals surface area contributed by atoms with Crippen LogP contribution in [-0.2, 0) is 4.74 Å². The predicted molar refractivity (Wildman–Crippen MR) is 89.4 cm³/mol. The number of rotatable bonds is 2. The van der Waals surface area contributed by atoms with Crippen molar-refractivity contribution in [3.05, 3.63) is 46.8 Å². The zero-order valence-corrected chi connectivity index (χ0v) is 14.2. The molecule has 0 amide bonds. The van der Waals surface area contributed by atoms with Gasteiger partial charge in [-0.1, -0.05) is 0 Å². The molecule has 2 aliphatic carbocycles. The van der Waals surface area contributed by atoms with Crippen LogP contribution in [0.15, 0.2) is 23.2 Å². The molecule has 5 rings (SSSR count). The molecule has 1 aromatic heterocycles. The van der Waals surface area contributed by atoms with Gasteiger partial charge in [0.2, 0.25) is 5.90 Å². The Morgan fingerprint density at radius 1 is 1.20 bits per heavy atom. The van der Waals surface area contributed by atoms with Crippen LogP contribution in [0, 0.1) is 11.6 Å². The molecule has 1 aromatic carbocycles. The molecule has 2 heterocycles. The van der Waals surface area contributed by atoms with Crippen LogP contribution in [0.2, 0.25) is 0 Å². The Bertz CT molecular complexity index is 916. The molecule has 0 radical (unpaired) electrons. The van der Waals surface area contributed by atoms with Crippen LogP contribution in [0.25, 0.3) is 5.69 Å². The van der Waals surface area contributed by atoms with E-state index in [1.165, 1.54) is 12.1 Å². The molecule has 2 atom stereocenters. The molecule has 25 heavy (non-hydrogen) atoms. The summed E-state index contributed by atoms with van der Waals surface area (Å²) in [7, 11) is 0. The maximum atomic E-state index is 14.4. The minimum Gasteiger partial charge on any atom is -0.474 e. The van der Waals surface area contributed by atoms with Gasteiger partial charge in [-0.2, -0.15) is 5.10 Å². The van der Waals surface area contributed by atoms with Gasteiger partial charge in [-0.05, 0) is 51.2 Å². The molecule has 2 aromatic rings. The Balaban J connectivity index is 1.72. The molecule has 2 unspecified atom stereocenters. The minimum absolute atomic E-state index is 0.273. The molecule has 130 valence electrons. The van der Waals surface area contributed by atoms with Gasteiger partial charge in [0.1, 0.15) is 18.1 Å². The predicted octanol–water partition coefficient (Wildman–Crippen LogP) is 4.07. The normalized spacial score (nSPS) is 25.8. The third-order valence-electron chi connectivity index (χ3n) is 5.49. The van der Waals surface area contributed by atoms with Gasteiger partial charge < -0.3 is 4.74 Å². The number of ether oxygens (including phenoxy) is 1. The van der Waals surface area contributed by atoms with E-state index in [2.05, 4.69) is 10.1 Å². The van der Waals surface area contributed by atoms with Crippen molar-refractivity contribution in [1.29, 1.82) is 0 Å². The van der Waals surface area contributed by atoms with Gasteiger partial charge in [0.05, 0.1) is 11.2 Å². The largest absolute Gasteiger partial charge is 0.474 e. The van der Waals surface area contributed by atoms with Crippen LogP contribution in [-0.4, -0.2) is 27.8 Å². The molecule has 4 nitrogen and oxygen atoms in total. The highest BCUT2D eigenvalue weighted by atomic mass is 19.1. The summed E-state index contributed by atoms with van der Waals surface area (Å²) in [6.07, 6.45) is 3.28. The van der Waals surface area contributed by atoms with Crippen LogP contribution >= 0.6 is 0 Å². The second-order valence-corrected chi connectivity index (χ2v) is 7.88. The van der Waals surface area contributed by atoms with Crippen LogP contribution in [0.4, 0.5) is 8.78 Å². The standard InChI is InChI=1S/C19H19F2N3O/c1-19(2)9-25-18(22-19)16-15-10-3-4-11(7-10)17(15)24(23-16)14-6-5-12(20)8-13(14)21/h5-6,8,10-11H,3-4,7,9H2,1-2H3. The average molecular weight is 343 g/mol. The highest BCUT2D eigenvalue weighted by Gasteiger charge is 2.45. The molecule has 0 N–H and O–H groups in total.